The van der Waals surface area contributed by atoms with Crippen LogP contribution in [0.1, 0.15) is 39.0 Å². The third kappa shape index (κ3) is 2.41. The molecular formula is C9H15F2O. The predicted octanol–water partition coefficient (Wildman–Crippen LogP) is 2.54. The Kier molecular flexibility index (Phi) is 2.71. The number of aliphatic hydroxyl groups is 1. The molecular weight excluding hydrogens is 162 g/mol. The summed E-state index contributed by atoms with van der Waals surface area (Å²) in [6.45, 7) is 1.85. The fraction of sp³-hybridized carbons (Fsp3) is 0.889. The molecule has 12 heavy (non-hydrogen) atoms. The summed E-state index contributed by atoms with van der Waals surface area (Å²) in [5, 5.41) is 9.67. The van der Waals surface area contributed by atoms with E-state index < -0.39 is 17.9 Å². The molecule has 0 bridgehead atoms. The monoisotopic (exact) mass is 177 g/mol. The van der Waals surface area contributed by atoms with Crippen molar-refractivity contribution in [2.24, 2.45) is 0 Å². The van der Waals surface area contributed by atoms with Gasteiger partial charge in [0.2, 0.25) is 0 Å². The Labute approximate surface area is 71.8 Å². The Morgan fingerprint density at radius 3 is 2.58 bits per heavy atom. The molecule has 1 unspecified atom stereocenters. The molecule has 0 amide bonds. The molecule has 0 saturated heterocycles. The summed E-state index contributed by atoms with van der Waals surface area (Å²) in [6, 6.07) is 0. The van der Waals surface area contributed by atoms with Crippen LogP contribution in [0.2, 0.25) is 0 Å². The number of rotatable bonds is 2. The molecule has 71 valence electrons. The zero-order chi connectivity index (χ0) is 9.24. The zero-order valence-corrected chi connectivity index (χ0v) is 7.32. The maximum Gasteiger partial charge on any atom is 0.250 e. The van der Waals surface area contributed by atoms with E-state index in [9.17, 15) is 13.9 Å². The first-order chi connectivity index (χ1) is 5.47. The molecule has 1 rings (SSSR count). The fourth-order valence-corrected chi connectivity index (χ4v) is 1.83. The normalized spacial score (nSPS) is 35.0. The van der Waals surface area contributed by atoms with Crippen LogP contribution in [0.4, 0.5) is 8.78 Å². The van der Waals surface area contributed by atoms with E-state index in [1.165, 1.54) is 0 Å². The number of hydrogen-bond acceptors (Lipinski definition) is 1. The van der Waals surface area contributed by atoms with E-state index in [-0.39, 0.29) is 6.42 Å². The van der Waals surface area contributed by atoms with E-state index in [0.29, 0.717) is 19.3 Å². The van der Waals surface area contributed by atoms with E-state index in [0.717, 1.165) is 0 Å². The summed E-state index contributed by atoms with van der Waals surface area (Å²) in [7, 11) is 0. The largest absolute Gasteiger partial charge is 0.389 e. The molecule has 0 heterocycles. The van der Waals surface area contributed by atoms with Crippen molar-refractivity contribution >= 4 is 0 Å². The number of hydrogen-bond donors (Lipinski definition) is 1. The van der Waals surface area contributed by atoms with Crippen molar-refractivity contribution < 1.29 is 13.9 Å². The summed E-state index contributed by atoms with van der Waals surface area (Å²) in [6.07, 6.45) is 2.67. The SMILES string of the molecule is CC[CH]C1(O)CCCC(F)(F)C1. The molecule has 1 nitrogen and oxygen atoms in total. The van der Waals surface area contributed by atoms with Crippen molar-refractivity contribution in [1.29, 1.82) is 0 Å². The lowest BCUT2D eigenvalue weighted by atomic mass is 9.80. The maximum absolute atomic E-state index is 12.8. The topological polar surface area (TPSA) is 20.2 Å². The van der Waals surface area contributed by atoms with Crippen LogP contribution in [0.25, 0.3) is 0 Å². The van der Waals surface area contributed by atoms with Gasteiger partial charge in [-0.25, -0.2) is 8.78 Å². The second-order valence-corrected chi connectivity index (χ2v) is 3.60. The summed E-state index contributed by atoms with van der Waals surface area (Å²) in [5.41, 5.74) is -1.21. The fourth-order valence-electron chi connectivity index (χ4n) is 1.83. The standard InChI is InChI=1S/C9H15F2O/c1-2-4-8(12)5-3-6-9(10,11)7-8/h4,12H,2-3,5-7H2,1H3. The second-order valence-electron chi connectivity index (χ2n) is 3.60. The van der Waals surface area contributed by atoms with Crippen LogP contribution in [-0.2, 0) is 0 Å². The molecule has 1 saturated carbocycles. The summed E-state index contributed by atoms with van der Waals surface area (Å²) in [5.74, 6) is -2.67. The minimum atomic E-state index is -2.67. The van der Waals surface area contributed by atoms with Crippen molar-refractivity contribution in [3.05, 3.63) is 6.42 Å². The average Bonchev–Trinajstić information content (AvgIpc) is 1.83. The third-order valence-corrected chi connectivity index (χ3v) is 2.30. The lowest BCUT2D eigenvalue weighted by Crippen LogP contribution is -2.41. The van der Waals surface area contributed by atoms with Crippen molar-refractivity contribution in [2.75, 3.05) is 0 Å². The average molecular weight is 177 g/mol. The molecule has 0 aliphatic heterocycles. The Morgan fingerprint density at radius 2 is 2.08 bits per heavy atom. The van der Waals surface area contributed by atoms with Crippen LogP contribution in [0, 0.1) is 6.42 Å². The van der Waals surface area contributed by atoms with E-state index in [1.807, 2.05) is 6.92 Å². The van der Waals surface area contributed by atoms with Crippen LogP contribution in [0.15, 0.2) is 0 Å². The zero-order valence-electron chi connectivity index (χ0n) is 7.32. The Bertz CT molecular complexity index is 155. The van der Waals surface area contributed by atoms with Gasteiger partial charge in [-0.15, -0.1) is 0 Å². The van der Waals surface area contributed by atoms with Gasteiger partial charge in [0.25, 0.3) is 5.92 Å². The molecule has 1 atom stereocenters. The van der Waals surface area contributed by atoms with Gasteiger partial charge in [-0.1, -0.05) is 13.3 Å². The van der Waals surface area contributed by atoms with Crippen LogP contribution in [-0.4, -0.2) is 16.6 Å². The third-order valence-electron chi connectivity index (χ3n) is 2.30. The van der Waals surface area contributed by atoms with Gasteiger partial charge < -0.3 is 5.11 Å². The smallest absolute Gasteiger partial charge is 0.250 e. The molecule has 0 aromatic rings. The molecule has 1 fully saturated rings. The van der Waals surface area contributed by atoms with Gasteiger partial charge in [0.1, 0.15) is 0 Å². The quantitative estimate of drug-likeness (QED) is 0.687. The van der Waals surface area contributed by atoms with Gasteiger partial charge in [0.15, 0.2) is 0 Å². The highest BCUT2D eigenvalue weighted by Gasteiger charge is 2.43. The highest BCUT2D eigenvalue weighted by molar-refractivity contribution is 4.99. The molecule has 1 aliphatic carbocycles. The summed E-state index contributed by atoms with van der Waals surface area (Å²) >= 11 is 0. The van der Waals surface area contributed by atoms with E-state index in [1.54, 1.807) is 6.42 Å². The lowest BCUT2D eigenvalue weighted by Gasteiger charge is -2.36. The van der Waals surface area contributed by atoms with Gasteiger partial charge >= 0.3 is 0 Å². The summed E-state index contributed by atoms with van der Waals surface area (Å²) < 4.78 is 25.7. The summed E-state index contributed by atoms with van der Waals surface area (Å²) in [4.78, 5) is 0. The first-order valence-corrected chi connectivity index (χ1v) is 4.42. The highest BCUT2D eigenvalue weighted by Crippen LogP contribution is 2.40. The van der Waals surface area contributed by atoms with Crippen LogP contribution >= 0.6 is 0 Å². The molecule has 1 aliphatic rings. The van der Waals surface area contributed by atoms with Crippen molar-refractivity contribution in [2.45, 2.75) is 50.6 Å². The molecule has 1 radical (unpaired) electrons. The van der Waals surface area contributed by atoms with E-state index >= 15 is 0 Å². The molecule has 3 heteroatoms. The Morgan fingerprint density at radius 1 is 1.42 bits per heavy atom. The van der Waals surface area contributed by atoms with Crippen LogP contribution in [0.5, 0.6) is 0 Å². The van der Waals surface area contributed by atoms with Gasteiger partial charge in [-0.2, -0.15) is 0 Å². The Hall–Kier alpha value is -0.180. The highest BCUT2D eigenvalue weighted by atomic mass is 19.3. The molecule has 0 aromatic heterocycles. The van der Waals surface area contributed by atoms with E-state index in [4.69, 9.17) is 0 Å². The van der Waals surface area contributed by atoms with Crippen molar-refractivity contribution in [3.8, 4) is 0 Å². The van der Waals surface area contributed by atoms with Crippen molar-refractivity contribution in [1.82, 2.24) is 0 Å². The maximum atomic E-state index is 12.8. The predicted molar refractivity (Wildman–Crippen MR) is 43.0 cm³/mol. The van der Waals surface area contributed by atoms with Gasteiger partial charge in [-0.3, -0.25) is 0 Å². The van der Waals surface area contributed by atoms with Gasteiger partial charge in [0.05, 0.1) is 5.60 Å². The van der Waals surface area contributed by atoms with Gasteiger partial charge in [0, 0.05) is 12.8 Å². The van der Waals surface area contributed by atoms with Crippen LogP contribution in [0.3, 0.4) is 0 Å². The number of alkyl halides is 2. The van der Waals surface area contributed by atoms with E-state index in [2.05, 4.69) is 0 Å². The Balaban J connectivity index is 2.55. The first-order valence-electron chi connectivity index (χ1n) is 4.42. The molecule has 0 aromatic carbocycles. The van der Waals surface area contributed by atoms with Gasteiger partial charge in [-0.05, 0) is 19.3 Å². The minimum absolute atomic E-state index is 0.0765. The van der Waals surface area contributed by atoms with Crippen molar-refractivity contribution in [3.63, 3.8) is 0 Å². The molecule has 1 N–H and O–H groups in total. The van der Waals surface area contributed by atoms with Crippen LogP contribution < -0.4 is 0 Å². The molecule has 0 spiro atoms. The lowest BCUT2D eigenvalue weighted by molar-refractivity contribution is -0.111. The first kappa shape index (κ1) is 9.90. The number of halogens is 2. The minimum Gasteiger partial charge on any atom is -0.389 e. The second kappa shape index (κ2) is 3.29.